The predicted octanol–water partition coefficient (Wildman–Crippen LogP) is -0.0117. The van der Waals surface area contributed by atoms with Gasteiger partial charge in [0.1, 0.15) is 12.7 Å². The number of rotatable bonds is 6. The summed E-state index contributed by atoms with van der Waals surface area (Å²) in [4.78, 5) is 3.92. The summed E-state index contributed by atoms with van der Waals surface area (Å²) in [6, 6.07) is 0. The summed E-state index contributed by atoms with van der Waals surface area (Å²) in [5, 5.41) is 12.9. The van der Waals surface area contributed by atoms with E-state index in [-0.39, 0.29) is 12.4 Å². The highest BCUT2D eigenvalue weighted by Crippen LogP contribution is 2.08. The van der Waals surface area contributed by atoms with Gasteiger partial charge in [0, 0.05) is 13.2 Å². The number of hydrogen-bond acceptors (Lipinski definition) is 6. The van der Waals surface area contributed by atoms with Crippen LogP contribution in [-0.2, 0) is 11.3 Å². The third-order valence-corrected chi connectivity index (χ3v) is 1.57. The zero-order valence-corrected chi connectivity index (χ0v) is 8.14. The van der Waals surface area contributed by atoms with Gasteiger partial charge in [-0.25, -0.2) is 0 Å². The summed E-state index contributed by atoms with van der Waals surface area (Å²) in [7, 11) is 0. The number of nitrogens with two attached hydrogens (primary N) is 1. The van der Waals surface area contributed by atoms with Crippen LogP contribution in [0.2, 0.25) is 0 Å². The Morgan fingerprint density at radius 3 is 3.07 bits per heavy atom. The van der Waals surface area contributed by atoms with Crippen molar-refractivity contribution in [2.75, 3.05) is 13.2 Å². The van der Waals surface area contributed by atoms with Crippen molar-refractivity contribution < 1.29 is 14.4 Å². The molecule has 0 bridgehead atoms. The maximum Gasteiger partial charge on any atom is 0.256 e. The molecule has 1 rings (SSSR count). The van der Waals surface area contributed by atoms with E-state index in [0.717, 1.165) is 6.42 Å². The van der Waals surface area contributed by atoms with Crippen LogP contribution in [0.15, 0.2) is 4.52 Å². The lowest BCUT2D eigenvalue weighted by atomic mass is 10.4. The lowest BCUT2D eigenvalue weighted by molar-refractivity contribution is 0.114. The monoisotopic (exact) mass is 201 g/mol. The van der Waals surface area contributed by atoms with Gasteiger partial charge in [0.15, 0.2) is 5.82 Å². The molecule has 6 heteroatoms. The van der Waals surface area contributed by atoms with E-state index < -0.39 is 6.10 Å². The first-order chi connectivity index (χ1) is 6.77. The quantitative estimate of drug-likeness (QED) is 0.628. The molecule has 0 fully saturated rings. The summed E-state index contributed by atoms with van der Waals surface area (Å²) < 4.78 is 9.97. The number of aliphatic hydroxyl groups is 1. The zero-order valence-electron chi connectivity index (χ0n) is 8.14. The highest BCUT2D eigenvalue weighted by atomic mass is 16.5. The fourth-order valence-electron chi connectivity index (χ4n) is 0.870. The van der Waals surface area contributed by atoms with Gasteiger partial charge in [0.2, 0.25) is 0 Å². The van der Waals surface area contributed by atoms with Crippen molar-refractivity contribution in [3.63, 3.8) is 0 Å². The van der Waals surface area contributed by atoms with Crippen molar-refractivity contribution >= 4 is 0 Å². The summed E-state index contributed by atoms with van der Waals surface area (Å²) in [5.74, 6) is 0.573. The zero-order chi connectivity index (χ0) is 10.4. The SMILES string of the molecule is CCCOCc1noc([C@@H](O)CN)n1. The van der Waals surface area contributed by atoms with Gasteiger partial charge in [-0.3, -0.25) is 0 Å². The van der Waals surface area contributed by atoms with Crippen LogP contribution in [0.25, 0.3) is 0 Å². The lowest BCUT2D eigenvalue weighted by Gasteiger charge is -1.98. The minimum atomic E-state index is -0.887. The normalized spacial score (nSPS) is 13.1. The average molecular weight is 201 g/mol. The summed E-state index contributed by atoms with van der Waals surface area (Å²) in [6.45, 7) is 3.04. The van der Waals surface area contributed by atoms with E-state index in [4.69, 9.17) is 15.0 Å². The molecule has 1 atom stereocenters. The molecule has 0 aromatic carbocycles. The molecule has 1 aromatic heterocycles. The molecule has 0 spiro atoms. The molecule has 1 aromatic rings. The molecular formula is C8H15N3O3. The Labute approximate surface area is 82.1 Å². The maximum absolute atomic E-state index is 9.25. The topological polar surface area (TPSA) is 94.4 Å². The summed E-state index contributed by atoms with van der Waals surface area (Å²) >= 11 is 0. The maximum atomic E-state index is 9.25. The van der Waals surface area contributed by atoms with Gasteiger partial charge in [-0.15, -0.1) is 0 Å². The van der Waals surface area contributed by atoms with Gasteiger partial charge in [-0.1, -0.05) is 12.1 Å². The van der Waals surface area contributed by atoms with Crippen LogP contribution in [-0.4, -0.2) is 28.4 Å². The third kappa shape index (κ3) is 3.06. The molecule has 14 heavy (non-hydrogen) atoms. The summed E-state index contributed by atoms with van der Waals surface area (Å²) in [6.07, 6.45) is 0.0540. The van der Waals surface area contributed by atoms with E-state index in [1.165, 1.54) is 0 Å². The molecule has 0 saturated carbocycles. The molecule has 1 heterocycles. The molecule has 0 aliphatic rings. The van der Waals surface area contributed by atoms with E-state index in [2.05, 4.69) is 10.1 Å². The fraction of sp³-hybridized carbons (Fsp3) is 0.750. The van der Waals surface area contributed by atoms with Gasteiger partial charge in [0.05, 0.1) is 0 Å². The van der Waals surface area contributed by atoms with Gasteiger partial charge in [0.25, 0.3) is 5.89 Å². The van der Waals surface area contributed by atoms with Crippen LogP contribution in [0.3, 0.4) is 0 Å². The van der Waals surface area contributed by atoms with Gasteiger partial charge < -0.3 is 20.1 Å². The Balaban J connectivity index is 2.42. The van der Waals surface area contributed by atoms with Crippen molar-refractivity contribution in [2.24, 2.45) is 5.73 Å². The minimum absolute atomic E-state index is 0.0669. The molecular weight excluding hydrogens is 186 g/mol. The Hall–Kier alpha value is -0.980. The Morgan fingerprint density at radius 1 is 1.64 bits per heavy atom. The highest BCUT2D eigenvalue weighted by molar-refractivity contribution is 4.88. The molecule has 0 amide bonds. The van der Waals surface area contributed by atoms with Crippen molar-refractivity contribution in [3.05, 3.63) is 11.7 Å². The van der Waals surface area contributed by atoms with E-state index in [0.29, 0.717) is 19.0 Å². The molecule has 0 aliphatic carbocycles. The minimum Gasteiger partial charge on any atom is -0.382 e. The standard InChI is InChI=1S/C8H15N3O3/c1-2-3-13-5-7-10-8(14-11-7)6(12)4-9/h6,12H,2-5,9H2,1H3/t6-/m0/s1. The van der Waals surface area contributed by atoms with Crippen molar-refractivity contribution in [3.8, 4) is 0 Å². The van der Waals surface area contributed by atoms with E-state index in [1.807, 2.05) is 6.92 Å². The number of ether oxygens (including phenoxy) is 1. The van der Waals surface area contributed by atoms with Crippen LogP contribution < -0.4 is 5.73 Å². The van der Waals surface area contributed by atoms with Crippen molar-refractivity contribution in [1.29, 1.82) is 0 Å². The molecule has 0 unspecified atom stereocenters. The predicted molar refractivity (Wildman–Crippen MR) is 48.3 cm³/mol. The van der Waals surface area contributed by atoms with Crippen LogP contribution in [0, 0.1) is 0 Å². The molecule has 0 radical (unpaired) electrons. The van der Waals surface area contributed by atoms with Crippen LogP contribution in [0.5, 0.6) is 0 Å². The second kappa shape index (κ2) is 5.69. The lowest BCUT2D eigenvalue weighted by Crippen LogP contribution is -2.11. The largest absolute Gasteiger partial charge is 0.382 e. The van der Waals surface area contributed by atoms with Crippen LogP contribution in [0.1, 0.15) is 31.2 Å². The van der Waals surface area contributed by atoms with Crippen LogP contribution in [0.4, 0.5) is 0 Å². The van der Waals surface area contributed by atoms with Crippen LogP contribution >= 0.6 is 0 Å². The first-order valence-electron chi connectivity index (χ1n) is 4.56. The summed E-state index contributed by atoms with van der Waals surface area (Å²) in [5.41, 5.74) is 5.23. The smallest absolute Gasteiger partial charge is 0.256 e. The van der Waals surface area contributed by atoms with Gasteiger partial charge >= 0.3 is 0 Å². The average Bonchev–Trinajstić information content (AvgIpc) is 2.66. The first kappa shape index (κ1) is 11.1. The molecule has 80 valence electrons. The van der Waals surface area contributed by atoms with Crippen molar-refractivity contribution in [2.45, 2.75) is 26.1 Å². The number of aliphatic hydroxyl groups excluding tert-OH is 1. The Bertz CT molecular complexity index is 264. The second-order valence-corrected chi connectivity index (χ2v) is 2.85. The van der Waals surface area contributed by atoms with E-state index >= 15 is 0 Å². The third-order valence-electron chi connectivity index (χ3n) is 1.57. The van der Waals surface area contributed by atoms with Crippen molar-refractivity contribution in [1.82, 2.24) is 10.1 Å². The molecule has 3 N–H and O–H groups in total. The molecule has 6 nitrogen and oxygen atoms in total. The number of hydrogen-bond donors (Lipinski definition) is 2. The fourth-order valence-corrected chi connectivity index (χ4v) is 0.870. The highest BCUT2D eigenvalue weighted by Gasteiger charge is 2.13. The van der Waals surface area contributed by atoms with E-state index in [1.54, 1.807) is 0 Å². The van der Waals surface area contributed by atoms with Gasteiger partial charge in [-0.05, 0) is 6.42 Å². The number of nitrogens with zero attached hydrogens (tertiary/aromatic N) is 2. The Kier molecular flexibility index (Phi) is 4.51. The second-order valence-electron chi connectivity index (χ2n) is 2.85. The Morgan fingerprint density at radius 2 is 2.43 bits per heavy atom. The molecule has 0 saturated heterocycles. The van der Waals surface area contributed by atoms with E-state index in [9.17, 15) is 5.11 Å². The van der Waals surface area contributed by atoms with Gasteiger partial charge in [-0.2, -0.15) is 4.98 Å². The number of aromatic nitrogens is 2. The molecule has 0 aliphatic heterocycles. The first-order valence-corrected chi connectivity index (χ1v) is 4.56.